The van der Waals surface area contributed by atoms with E-state index in [1.54, 1.807) is 0 Å². The predicted octanol–water partition coefficient (Wildman–Crippen LogP) is 1.39. The van der Waals surface area contributed by atoms with E-state index in [-0.39, 0.29) is 0 Å². The lowest BCUT2D eigenvalue weighted by Crippen LogP contribution is -2.18. The fraction of sp³-hybridized carbons (Fsp3) is 0.500. The zero-order valence-corrected chi connectivity index (χ0v) is 8.31. The van der Waals surface area contributed by atoms with Gasteiger partial charge in [0.25, 0.3) is 0 Å². The molecule has 70 valence electrons. The fourth-order valence-corrected chi connectivity index (χ4v) is 1.20. The summed E-state index contributed by atoms with van der Waals surface area (Å²) in [4.78, 5) is 0. The highest BCUT2D eigenvalue weighted by Crippen LogP contribution is 2.13. The summed E-state index contributed by atoms with van der Waals surface area (Å²) in [5.74, 6) is 5.82. The van der Waals surface area contributed by atoms with Crippen molar-refractivity contribution in [1.82, 2.24) is 15.5 Å². The minimum absolute atomic E-state index is 0.305. The first kappa shape index (κ1) is 9.82. The second kappa shape index (κ2) is 4.68. The summed E-state index contributed by atoms with van der Waals surface area (Å²) in [6, 6.07) is 0.305. The van der Waals surface area contributed by atoms with E-state index in [1.165, 1.54) is 5.56 Å². The van der Waals surface area contributed by atoms with Gasteiger partial charge in [0.15, 0.2) is 0 Å². The zero-order valence-electron chi connectivity index (χ0n) is 8.31. The molecule has 0 radical (unpaired) electrons. The molecule has 0 amide bonds. The smallest absolute Gasteiger partial charge is 0.0581 e. The lowest BCUT2D eigenvalue weighted by Gasteiger charge is -2.09. The zero-order chi connectivity index (χ0) is 9.68. The van der Waals surface area contributed by atoms with Gasteiger partial charge in [-0.05, 0) is 20.8 Å². The van der Waals surface area contributed by atoms with Gasteiger partial charge in [0.1, 0.15) is 0 Å². The first-order valence-electron chi connectivity index (χ1n) is 4.38. The number of hydrogen-bond acceptors (Lipinski definition) is 2. The largest absolute Gasteiger partial charge is 0.299 e. The second-order valence-corrected chi connectivity index (χ2v) is 2.98. The van der Waals surface area contributed by atoms with Gasteiger partial charge < -0.3 is 0 Å². The third-order valence-electron chi connectivity index (χ3n) is 2.01. The monoisotopic (exact) mass is 177 g/mol. The molecule has 1 rings (SSSR count). The van der Waals surface area contributed by atoms with Crippen LogP contribution in [0, 0.1) is 18.8 Å². The Morgan fingerprint density at radius 2 is 2.46 bits per heavy atom. The summed E-state index contributed by atoms with van der Waals surface area (Å²) < 4.78 is 0. The summed E-state index contributed by atoms with van der Waals surface area (Å²) in [5, 5.41) is 10.2. The van der Waals surface area contributed by atoms with Crippen LogP contribution in [0.2, 0.25) is 0 Å². The van der Waals surface area contributed by atoms with Crippen LogP contribution in [0.5, 0.6) is 0 Å². The standard InChI is InChI=1S/C10H15N3/c1-4-5-6-11-8(2)10-7-12-13-9(10)3/h7-8,11H,6H2,1-3H3,(H,12,13). The van der Waals surface area contributed by atoms with Gasteiger partial charge in [-0.1, -0.05) is 5.92 Å². The normalized spacial score (nSPS) is 11.9. The van der Waals surface area contributed by atoms with E-state index in [0.717, 1.165) is 12.2 Å². The van der Waals surface area contributed by atoms with Crippen LogP contribution in [0.25, 0.3) is 0 Å². The van der Waals surface area contributed by atoms with Crippen LogP contribution in [-0.2, 0) is 0 Å². The fourth-order valence-electron chi connectivity index (χ4n) is 1.20. The van der Waals surface area contributed by atoms with Gasteiger partial charge in [0, 0.05) is 17.3 Å². The Bertz CT molecular complexity index is 316. The van der Waals surface area contributed by atoms with Gasteiger partial charge in [-0.3, -0.25) is 10.4 Å². The molecule has 0 bridgehead atoms. The third kappa shape index (κ3) is 2.60. The van der Waals surface area contributed by atoms with Crippen molar-refractivity contribution in [3.05, 3.63) is 17.5 Å². The number of hydrogen-bond donors (Lipinski definition) is 2. The van der Waals surface area contributed by atoms with Crippen LogP contribution in [0.3, 0.4) is 0 Å². The highest BCUT2D eigenvalue weighted by Gasteiger charge is 2.07. The molecule has 1 atom stereocenters. The molecule has 0 aliphatic carbocycles. The first-order chi connectivity index (χ1) is 6.25. The molecule has 0 aromatic carbocycles. The summed E-state index contributed by atoms with van der Waals surface area (Å²) in [6.07, 6.45) is 1.85. The number of aromatic nitrogens is 2. The molecule has 0 saturated carbocycles. The Kier molecular flexibility index (Phi) is 3.53. The minimum Gasteiger partial charge on any atom is -0.299 e. The van der Waals surface area contributed by atoms with Gasteiger partial charge in [-0.25, -0.2) is 0 Å². The molecule has 1 unspecified atom stereocenters. The van der Waals surface area contributed by atoms with E-state index in [0.29, 0.717) is 6.04 Å². The predicted molar refractivity (Wildman–Crippen MR) is 53.2 cm³/mol. The average molecular weight is 177 g/mol. The Labute approximate surface area is 78.9 Å². The number of H-pyrrole nitrogens is 1. The number of rotatable bonds is 3. The van der Waals surface area contributed by atoms with E-state index >= 15 is 0 Å². The molecular weight excluding hydrogens is 162 g/mol. The maximum absolute atomic E-state index is 3.97. The maximum Gasteiger partial charge on any atom is 0.0581 e. The Morgan fingerprint density at radius 1 is 1.69 bits per heavy atom. The number of nitrogens with zero attached hydrogens (tertiary/aromatic N) is 1. The molecule has 13 heavy (non-hydrogen) atoms. The lowest BCUT2D eigenvalue weighted by atomic mass is 10.1. The molecule has 0 spiro atoms. The second-order valence-electron chi connectivity index (χ2n) is 2.98. The minimum atomic E-state index is 0.305. The maximum atomic E-state index is 3.97. The van der Waals surface area contributed by atoms with Crippen LogP contribution in [0.4, 0.5) is 0 Å². The Hall–Kier alpha value is -1.27. The van der Waals surface area contributed by atoms with Gasteiger partial charge >= 0.3 is 0 Å². The average Bonchev–Trinajstić information content (AvgIpc) is 2.52. The Balaban J connectivity index is 2.52. The van der Waals surface area contributed by atoms with E-state index in [4.69, 9.17) is 0 Å². The van der Waals surface area contributed by atoms with Crippen molar-refractivity contribution in [3.8, 4) is 11.8 Å². The topological polar surface area (TPSA) is 40.7 Å². The molecule has 0 saturated heterocycles. The molecule has 0 aliphatic heterocycles. The van der Waals surface area contributed by atoms with Crippen molar-refractivity contribution in [2.24, 2.45) is 0 Å². The van der Waals surface area contributed by atoms with Crippen LogP contribution in [-0.4, -0.2) is 16.7 Å². The molecule has 1 aromatic heterocycles. The highest BCUT2D eigenvalue weighted by atomic mass is 15.1. The quantitative estimate of drug-likeness (QED) is 0.685. The van der Waals surface area contributed by atoms with Gasteiger partial charge in [-0.2, -0.15) is 5.10 Å². The van der Waals surface area contributed by atoms with E-state index in [2.05, 4.69) is 34.3 Å². The molecule has 3 nitrogen and oxygen atoms in total. The lowest BCUT2D eigenvalue weighted by molar-refractivity contribution is 0.620. The van der Waals surface area contributed by atoms with Crippen molar-refractivity contribution in [1.29, 1.82) is 0 Å². The van der Waals surface area contributed by atoms with Crippen molar-refractivity contribution in [3.63, 3.8) is 0 Å². The number of aryl methyl sites for hydroxylation is 1. The molecule has 0 fully saturated rings. The van der Waals surface area contributed by atoms with Crippen molar-refractivity contribution >= 4 is 0 Å². The van der Waals surface area contributed by atoms with Crippen LogP contribution in [0.15, 0.2) is 6.20 Å². The molecule has 0 aliphatic rings. The summed E-state index contributed by atoms with van der Waals surface area (Å²) in [7, 11) is 0. The summed E-state index contributed by atoms with van der Waals surface area (Å²) in [5.41, 5.74) is 2.32. The van der Waals surface area contributed by atoms with Crippen molar-refractivity contribution in [2.75, 3.05) is 6.54 Å². The molecule has 3 heteroatoms. The van der Waals surface area contributed by atoms with E-state index in [1.807, 2.05) is 20.0 Å². The van der Waals surface area contributed by atoms with Crippen molar-refractivity contribution < 1.29 is 0 Å². The Morgan fingerprint density at radius 3 is 3.00 bits per heavy atom. The molecule has 1 heterocycles. The van der Waals surface area contributed by atoms with Crippen molar-refractivity contribution in [2.45, 2.75) is 26.8 Å². The highest BCUT2D eigenvalue weighted by molar-refractivity contribution is 5.18. The van der Waals surface area contributed by atoms with E-state index in [9.17, 15) is 0 Å². The van der Waals surface area contributed by atoms with Crippen LogP contribution in [0.1, 0.15) is 31.1 Å². The summed E-state index contributed by atoms with van der Waals surface area (Å²) in [6.45, 7) is 6.69. The van der Waals surface area contributed by atoms with E-state index < -0.39 is 0 Å². The van der Waals surface area contributed by atoms with Gasteiger partial charge in [0.05, 0.1) is 12.7 Å². The first-order valence-corrected chi connectivity index (χ1v) is 4.38. The SMILES string of the molecule is CC#CCNC(C)c1cn[nH]c1C. The molecule has 1 aromatic rings. The third-order valence-corrected chi connectivity index (χ3v) is 2.01. The number of nitrogens with one attached hydrogen (secondary N) is 2. The number of aromatic amines is 1. The van der Waals surface area contributed by atoms with Crippen LogP contribution >= 0.6 is 0 Å². The van der Waals surface area contributed by atoms with Gasteiger partial charge in [-0.15, -0.1) is 5.92 Å². The summed E-state index contributed by atoms with van der Waals surface area (Å²) >= 11 is 0. The van der Waals surface area contributed by atoms with Crippen LogP contribution < -0.4 is 5.32 Å². The molecule has 2 N–H and O–H groups in total. The van der Waals surface area contributed by atoms with Gasteiger partial charge in [0.2, 0.25) is 0 Å². The molecular formula is C10H15N3.